The summed E-state index contributed by atoms with van der Waals surface area (Å²) in [5.41, 5.74) is 1.67. The summed E-state index contributed by atoms with van der Waals surface area (Å²) in [5, 5.41) is 18.7. The van der Waals surface area contributed by atoms with Crippen molar-refractivity contribution < 1.29 is 0 Å². The molecule has 0 atom stereocenters. The third-order valence-electron chi connectivity index (χ3n) is 2.57. The first kappa shape index (κ1) is 18.6. The van der Waals surface area contributed by atoms with Gasteiger partial charge in [-0.15, -0.1) is 0 Å². The summed E-state index contributed by atoms with van der Waals surface area (Å²) in [6.07, 6.45) is 0.677. The van der Waals surface area contributed by atoms with Crippen molar-refractivity contribution in [1.29, 1.82) is 10.5 Å². The van der Waals surface area contributed by atoms with Gasteiger partial charge in [-0.25, -0.2) is 0 Å². The molecule has 0 spiro atoms. The first-order valence-electron chi connectivity index (χ1n) is 6.10. The first-order valence-corrected chi connectivity index (χ1v) is 7.61. The number of nitriles is 2. The number of benzene rings is 2. The Balaban J connectivity index is 0.000000220. The van der Waals surface area contributed by atoms with E-state index in [0.717, 1.165) is 11.1 Å². The maximum absolute atomic E-state index is 8.38. The molecule has 6 heteroatoms. The van der Waals surface area contributed by atoms with Crippen molar-refractivity contribution >= 4 is 46.4 Å². The Labute approximate surface area is 149 Å². The van der Waals surface area contributed by atoms with E-state index in [9.17, 15) is 0 Å². The van der Waals surface area contributed by atoms with Crippen LogP contribution < -0.4 is 0 Å². The highest BCUT2D eigenvalue weighted by Gasteiger charge is 2.02. The van der Waals surface area contributed by atoms with Gasteiger partial charge in [0.1, 0.15) is 0 Å². The predicted octanol–water partition coefficient (Wildman–Crippen LogP) is 6.12. The molecule has 0 aliphatic heterocycles. The Morgan fingerprint density at radius 3 is 2.05 bits per heavy atom. The fourth-order valence-electron chi connectivity index (χ4n) is 1.51. The summed E-state index contributed by atoms with van der Waals surface area (Å²) in [5.74, 6) is 0. The molecule has 0 unspecified atom stereocenters. The van der Waals surface area contributed by atoms with Crippen molar-refractivity contribution in [2.24, 2.45) is 0 Å². The topological polar surface area (TPSA) is 47.6 Å². The Hall–Kier alpha value is -1.42. The van der Waals surface area contributed by atoms with Crippen LogP contribution in [0.3, 0.4) is 0 Å². The van der Waals surface area contributed by atoms with Gasteiger partial charge in [0, 0.05) is 0 Å². The fourth-order valence-corrected chi connectivity index (χ4v) is 2.22. The molecule has 2 nitrogen and oxygen atoms in total. The molecule has 0 fully saturated rings. The molecule has 2 aromatic rings. The van der Waals surface area contributed by atoms with E-state index in [2.05, 4.69) is 0 Å². The van der Waals surface area contributed by atoms with E-state index in [1.54, 1.807) is 36.4 Å². The molecule has 2 rings (SSSR count). The van der Waals surface area contributed by atoms with E-state index < -0.39 is 0 Å². The Morgan fingerprint density at radius 2 is 1.45 bits per heavy atom. The van der Waals surface area contributed by atoms with E-state index in [1.165, 1.54) is 0 Å². The van der Waals surface area contributed by atoms with Crippen LogP contribution in [0.15, 0.2) is 36.4 Å². The van der Waals surface area contributed by atoms with Crippen LogP contribution in [0.5, 0.6) is 0 Å². The van der Waals surface area contributed by atoms with Crippen LogP contribution in [0, 0.1) is 22.7 Å². The zero-order valence-corrected chi connectivity index (χ0v) is 14.3. The summed E-state index contributed by atoms with van der Waals surface area (Å²) in [4.78, 5) is 0. The summed E-state index contributed by atoms with van der Waals surface area (Å²) in [7, 11) is 0. The van der Waals surface area contributed by atoms with Crippen molar-refractivity contribution in [1.82, 2.24) is 0 Å². The van der Waals surface area contributed by atoms with Gasteiger partial charge in [0.05, 0.1) is 45.1 Å². The number of hydrogen-bond donors (Lipinski definition) is 0. The lowest BCUT2D eigenvalue weighted by atomic mass is 10.2. The molecule has 0 N–H and O–H groups in total. The van der Waals surface area contributed by atoms with E-state index >= 15 is 0 Å². The molecule has 0 saturated heterocycles. The third kappa shape index (κ3) is 5.76. The van der Waals surface area contributed by atoms with Crippen LogP contribution >= 0.6 is 46.4 Å². The van der Waals surface area contributed by atoms with Gasteiger partial charge in [-0.05, 0) is 29.3 Å². The quantitative estimate of drug-likeness (QED) is 0.638. The third-order valence-corrected chi connectivity index (χ3v) is 4.17. The summed E-state index contributed by atoms with van der Waals surface area (Å²) in [6, 6.07) is 14.5. The van der Waals surface area contributed by atoms with Crippen LogP contribution in [0.1, 0.15) is 11.1 Å². The van der Waals surface area contributed by atoms with Gasteiger partial charge >= 0.3 is 0 Å². The molecule has 2 aromatic carbocycles. The highest BCUT2D eigenvalue weighted by Crippen LogP contribution is 2.25. The summed E-state index contributed by atoms with van der Waals surface area (Å²) in [6.45, 7) is 0. The highest BCUT2D eigenvalue weighted by molar-refractivity contribution is 6.42. The zero-order valence-electron chi connectivity index (χ0n) is 11.3. The maximum atomic E-state index is 8.38. The lowest BCUT2D eigenvalue weighted by Crippen LogP contribution is -1.82. The first-order chi connectivity index (χ1) is 10.5. The minimum Gasteiger partial charge on any atom is -0.198 e. The molecule has 112 valence electrons. The van der Waals surface area contributed by atoms with Crippen molar-refractivity contribution in [3.8, 4) is 12.1 Å². The van der Waals surface area contributed by atoms with Gasteiger partial charge in [0.2, 0.25) is 0 Å². The van der Waals surface area contributed by atoms with Crippen molar-refractivity contribution in [2.45, 2.75) is 12.8 Å². The normalized spacial score (nSPS) is 9.18. The van der Waals surface area contributed by atoms with Crippen LogP contribution in [0.25, 0.3) is 0 Å². The smallest absolute Gasteiger partial charge is 0.0670 e. The molecule has 0 aliphatic rings. The van der Waals surface area contributed by atoms with E-state index in [0.29, 0.717) is 32.9 Å². The van der Waals surface area contributed by atoms with Gasteiger partial charge in [0.15, 0.2) is 0 Å². The van der Waals surface area contributed by atoms with Crippen LogP contribution in [0.2, 0.25) is 20.1 Å². The Bertz CT molecular complexity index is 730. The minimum absolute atomic E-state index is 0.305. The molecule has 22 heavy (non-hydrogen) atoms. The van der Waals surface area contributed by atoms with Crippen LogP contribution in [-0.4, -0.2) is 0 Å². The molecule has 0 heterocycles. The van der Waals surface area contributed by atoms with Crippen LogP contribution in [0.4, 0.5) is 0 Å². The van der Waals surface area contributed by atoms with E-state index in [1.807, 2.05) is 12.1 Å². The lowest BCUT2D eigenvalue weighted by molar-refractivity contribution is 1.26. The van der Waals surface area contributed by atoms with Gasteiger partial charge in [-0.3, -0.25) is 0 Å². The monoisotopic (exact) mass is 370 g/mol. The SMILES string of the molecule is N#CCc1ccc(Cl)c(Cl)c1.N#CCc1cccc(Cl)c1Cl. The van der Waals surface area contributed by atoms with Gasteiger partial charge in [-0.2, -0.15) is 10.5 Å². The fraction of sp³-hybridized carbons (Fsp3) is 0.125. The molecule has 0 amide bonds. The maximum Gasteiger partial charge on any atom is 0.0670 e. The molecule has 0 saturated carbocycles. The van der Waals surface area contributed by atoms with Crippen LogP contribution in [-0.2, 0) is 12.8 Å². The molecular weight excluding hydrogens is 362 g/mol. The number of halogens is 4. The second-order valence-electron chi connectivity index (χ2n) is 4.13. The zero-order chi connectivity index (χ0) is 16.5. The average molecular weight is 372 g/mol. The van der Waals surface area contributed by atoms with E-state index in [4.69, 9.17) is 56.9 Å². The van der Waals surface area contributed by atoms with Crippen molar-refractivity contribution in [2.75, 3.05) is 0 Å². The molecule has 0 radical (unpaired) electrons. The van der Waals surface area contributed by atoms with Gasteiger partial charge in [0.25, 0.3) is 0 Å². The predicted molar refractivity (Wildman–Crippen MR) is 91.6 cm³/mol. The summed E-state index contributed by atoms with van der Waals surface area (Å²) < 4.78 is 0. The second-order valence-corrected chi connectivity index (χ2v) is 5.73. The summed E-state index contributed by atoms with van der Waals surface area (Å²) >= 11 is 22.9. The number of nitrogens with zero attached hydrogens (tertiary/aromatic N) is 2. The molecule has 0 bridgehead atoms. The van der Waals surface area contributed by atoms with Crippen molar-refractivity contribution in [3.05, 3.63) is 67.6 Å². The number of hydrogen-bond acceptors (Lipinski definition) is 2. The Kier molecular flexibility index (Phi) is 8.10. The van der Waals surface area contributed by atoms with Crippen molar-refractivity contribution in [3.63, 3.8) is 0 Å². The molecular formula is C16H10Cl4N2. The standard InChI is InChI=1S/2C8H5Cl2N/c9-7-2-1-6(3-4-11)5-8(7)10;9-7-3-1-2-6(4-5-11)8(7)10/h1-2,5H,3H2;1-3H,4H2. The molecule has 0 aromatic heterocycles. The highest BCUT2D eigenvalue weighted by atomic mass is 35.5. The minimum atomic E-state index is 0.305. The molecule has 0 aliphatic carbocycles. The average Bonchev–Trinajstić information content (AvgIpc) is 2.49. The Morgan fingerprint density at radius 1 is 0.773 bits per heavy atom. The lowest BCUT2D eigenvalue weighted by Gasteiger charge is -1.99. The largest absolute Gasteiger partial charge is 0.198 e. The number of rotatable bonds is 2. The second kappa shape index (κ2) is 9.57. The van der Waals surface area contributed by atoms with Gasteiger partial charge in [-0.1, -0.05) is 64.6 Å². The van der Waals surface area contributed by atoms with E-state index in [-0.39, 0.29) is 0 Å². The van der Waals surface area contributed by atoms with Gasteiger partial charge < -0.3 is 0 Å².